The molecule has 0 spiro atoms. The van der Waals surface area contributed by atoms with Gasteiger partial charge in [-0.3, -0.25) is 14.4 Å². The smallest absolute Gasteiger partial charge is 0.261 e. The van der Waals surface area contributed by atoms with Crippen LogP contribution in [0.2, 0.25) is 0 Å². The molecule has 3 N–H and O–H groups in total. The number of thiophene rings is 1. The van der Waals surface area contributed by atoms with Crippen molar-refractivity contribution in [2.75, 3.05) is 13.1 Å². The van der Waals surface area contributed by atoms with Crippen molar-refractivity contribution in [1.82, 2.24) is 16.0 Å². The molecule has 8 heteroatoms. The molecule has 3 amide bonds. The third-order valence-electron chi connectivity index (χ3n) is 3.00. The van der Waals surface area contributed by atoms with Crippen LogP contribution >= 0.6 is 11.3 Å². The molecule has 0 aliphatic rings. The zero-order chi connectivity index (χ0) is 17.4. The molecular weight excluding hydrogens is 333 g/mol. The second kappa shape index (κ2) is 8.78. The van der Waals surface area contributed by atoms with Crippen LogP contribution in [0.3, 0.4) is 0 Å². The van der Waals surface area contributed by atoms with E-state index in [1.807, 2.05) is 0 Å². The average Bonchev–Trinajstić information content (AvgIpc) is 3.12. The van der Waals surface area contributed by atoms with Crippen LogP contribution < -0.4 is 16.0 Å². The van der Waals surface area contributed by atoms with Crippen molar-refractivity contribution in [2.45, 2.75) is 6.54 Å². The lowest BCUT2D eigenvalue weighted by Crippen LogP contribution is -2.41. The molecule has 2 rings (SSSR count). The molecule has 2 aromatic rings. The standard InChI is InChI=1S/C16H16FN3O3S/c17-12-5-3-11(4-6-12)8-18-14(21)9-19-15(22)10-20-16(23)13-2-1-7-24-13/h1-7H,8-10H2,(H,18,21)(H,19,22)(H,20,23). The molecule has 24 heavy (non-hydrogen) atoms. The van der Waals surface area contributed by atoms with Crippen LogP contribution in [0.25, 0.3) is 0 Å². The van der Waals surface area contributed by atoms with Gasteiger partial charge in [0.05, 0.1) is 18.0 Å². The van der Waals surface area contributed by atoms with Gasteiger partial charge in [-0.25, -0.2) is 4.39 Å². The summed E-state index contributed by atoms with van der Waals surface area (Å²) in [7, 11) is 0. The maximum absolute atomic E-state index is 12.8. The first kappa shape index (κ1) is 17.6. The van der Waals surface area contributed by atoms with E-state index < -0.39 is 5.91 Å². The molecule has 1 aromatic heterocycles. The number of hydrogen-bond acceptors (Lipinski definition) is 4. The van der Waals surface area contributed by atoms with E-state index in [1.54, 1.807) is 29.6 Å². The minimum atomic E-state index is -0.461. The summed E-state index contributed by atoms with van der Waals surface area (Å²) in [5.41, 5.74) is 0.749. The number of rotatable bonds is 7. The summed E-state index contributed by atoms with van der Waals surface area (Å²) in [6.07, 6.45) is 0. The third-order valence-corrected chi connectivity index (χ3v) is 3.87. The zero-order valence-corrected chi connectivity index (χ0v) is 13.5. The Morgan fingerprint density at radius 1 is 0.917 bits per heavy atom. The van der Waals surface area contributed by atoms with Gasteiger partial charge in [-0.1, -0.05) is 18.2 Å². The van der Waals surface area contributed by atoms with Crippen molar-refractivity contribution in [3.8, 4) is 0 Å². The summed E-state index contributed by atoms with van der Waals surface area (Å²) in [5, 5.41) is 9.23. The maximum atomic E-state index is 12.8. The molecule has 0 saturated heterocycles. The Kier molecular flexibility index (Phi) is 6.44. The third kappa shape index (κ3) is 5.81. The lowest BCUT2D eigenvalue weighted by atomic mass is 10.2. The van der Waals surface area contributed by atoms with E-state index in [4.69, 9.17) is 0 Å². The number of amides is 3. The van der Waals surface area contributed by atoms with Crippen LogP contribution in [0.5, 0.6) is 0 Å². The fourth-order valence-electron chi connectivity index (χ4n) is 1.76. The molecule has 0 unspecified atom stereocenters. The summed E-state index contributed by atoms with van der Waals surface area (Å²) >= 11 is 1.27. The fourth-order valence-corrected chi connectivity index (χ4v) is 2.40. The summed E-state index contributed by atoms with van der Waals surface area (Å²) in [6.45, 7) is -0.166. The van der Waals surface area contributed by atoms with E-state index >= 15 is 0 Å². The molecule has 126 valence electrons. The van der Waals surface area contributed by atoms with Gasteiger partial charge in [0.1, 0.15) is 5.82 Å². The number of halogens is 1. The second-order valence-electron chi connectivity index (χ2n) is 4.84. The first-order chi connectivity index (χ1) is 11.5. The second-order valence-corrected chi connectivity index (χ2v) is 5.79. The van der Waals surface area contributed by atoms with Gasteiger partial charge in [-0.15, -0.1) is 11.3 Å². The number of hydrogen-bond donors (Lipinski definition) is 3. The fraction of sp³-hybridized carbons (Fsp3) is 0.188. The lowest BCUT2D eigenvalue weighted by Gasteiger charge is -2.08. The molecule has 0 fully saturated rings. The normalized spacial score (nSPS) is 10.0. The first-order valence-corrected chi connectivity index (χ1v) is 8.02. The number of nitrogens with one attached hydrogen (secondary N) is 3. The van der Waals surface area contributed by atoms with E-state index in [9.17, 15) is 18.8 Å². The predicted octanol–water partition coefficient (Wildman–Crippen LogP) is 1.05. The molecule has 0 bridgehead atoms. The maximum Gasteiger partial charge on any atom is 0.261 e. The minimum Gasteiger partial charge on any atom is -0.350 e. The van der Waals surface area contributed by atoms with Crippen LogP contribution in [0.1, 0.15) is 15.2 Å². The van der Waals surface area contributed by atoms with Gasteiger partial charge in [0.15, 0.2) is 0 Å². The lowest BCUT2D eigenvalue weighted by molar-refractivity contribution is -0.125. The van der Waals surface area contributed by atoms with Gasteiger partial charge in [0, 0.05) is 6.54 Å². The average molecular weight is 349 g/mol. The zero-order valence-electron chi connectivity index (χ0n) is 12.7. The van der Waals surface area contributed by atoms with Gasteiger partial charge in [0.25, 0.3) is 5.91 Å². The SMILES string of the molecule is O=C(CNC(=O)CNC(=O)c1cccs1)NCc1ccc(F)cc1. The van der Waals surface area contributed by atoms with Gasteiger partial charge < -0.3 is 16.0 Å². The first-order valence-electron chi connectivity index (χ1n) is 7.14. The predicted molar refractivity (Wildman–Crippen MR) is 87.9 cm³/mol. The van der Waals surface area contributed by atoms with E-state index in [0.717, 1.165) is 5.56 Å². The van der Waals surface area contributed by atoms with Crippen molar-refractivity contribution in [1.29, 1.82) is 0 Å². The summed E-state index contributed by atoms with van der Waals surface area (Å²) in [6, 6.07) is 9.13. The quantitative estimate of drug-likeness (QED) is 0.698. The monoisotopic (exact) mass is 349 g/mol. The van der Waals surface area contributed by atoms with Crippen molar-refractivity contribution >= 4 is 29.1 Å². The van der Waals surface area contributed by atoms with Crippen molar-refractivity contribution in [3.05, 3.63) is 58.0 Å². The Labute approximate surface area is 142 Å². The molecule has 1 aromatic carbocycles. The molecule has 0 aliphatic carbocycles. The molecule has 0 atom stereocenters. The Morgan fingerprint density at radius 3 is 2.25 bits per heavy atom. The highest BCUT2D eigenvalue weighted by Gasteiger charge is 2.09. The highest BCUT2D eigenvalue weighted by atomic mass is 32.1. The number of carbonyl (C=O) groups is 3. The van der Waals surface area contributed by atoms with Crippen LogP contribution in [-0.4, -0.2) is 30.8 Å². The highest BCUT2D eigenvalue weighted by molar-refractivity contribution is 7.12. The van der Waals surface area contributed by atoms with E-state index in [0.29, 0.717) is 4.88 Å². The molecule has 0 radical (unpaired) electrons. The van der Waals surface area contributed by atoms with E-state index in [-0.39, 0.29) is 37.3 Å². The minimum absolute atomic E-state index is 0.200. The van der Waals surface area contributed by atoms with E-state index in [1.165, 1.54) is 23.5 Å². The van der Waals surface area contributed by atoms with Crippen LogP contribution in [-0.2, 0) is 16.1 Å². The Bertz CT molecular complexity index is 702. The van der Waals surface area contributed by atoms with Crippen LogP contribution in [0.4, 0.5) is 4.39 Å². The molecule has 6 nitrogen and oxygen atoms in total. The summed E-state index contributed by atoms with van der Waals surface area (Å²) < 4.78 is 12.8. The van der Waals surface area contributed by atoms with Crippen molar-refractivity contribution in [2.24, 2.45) is 0 Å². The summed E-state index contributed by atoms with van der Waals surface area (Å²) in [5.74, 6) is -1.52. The van der Waals surface area contributed by atoms with Crippen LogP contribution in [0, 0.1) is 5.82 Å². The number of carbonyl (C=O) groups excluding carboxylic acids is 3. The van der Waals surface area contributed by atoms with Gasteiger partial charge in [0.2, 0.25) is 11.8 Å². The van der Waals surface area contributed by atoms with Crippen molar-refractivity contribution in [3.63, 3.8) is 0 Å². The summed E-state index contributed by atoms with van der Waals surface area (Å²) in [4.78, 5) is 35.4. The molecule has 0 aliphatic heterocycles. The Morgan fingerprint density at radius 2 is 1.58 bits per heavy atom. The molecule has 0 saturated carbocycles. The van der Waals surface area contributed by atoms with Crippen molar-refractivity contribution < 1.29 is 18.8 Å². The molecule has 1 heterocycles. The Hall–Kier alpha value is -2.74. The van der Waals surface area contributed by atoms with Crippen LogP contribution in [0.15, 0.2) is 41.8 Å². The Balaban J connectivity index is 1.63. The van der Waals surface area contributed by atoms with Gasteiger partial charge in [-0.05, 0) is 29.1 Å². The highest BCUT2D eigenvalue weighted by Crippen LogP contribution is 2.07. The van der Waals surface area contributed by atoms with E-state index in [2.05, 4.69) is 16.0 Å². The van der Waals surface area contributed by atoms with Gasteiger partial charge in [-0.2, -0.15) is 0 Å². The van der Waals surface area contributed by atoms with Gasteiger partial charge >= 0.3 is 0 Å². The largest absolute Gasteiger partial charge is 0.350 e. The number of benzene rings is 1. The molecular formula is C16H16FN3O3S. The topological polar surface area (TPSA) is 87.3 Å².